The largest absolute Gasteiger partial charge is 0.367 e. The second-order valence-electron chi connectivity index (χ2n) is 7.03. The first-order chi connectivity index (χ1) is 12.6. The Hall–Kier alpha value is -1.44. The smallest absolute Gasteiger partial charge is 0.228 e. The van der Waals surface area contributed by atoms with Crippen molar-refractivity contribution in [1.82, 2.24) is 15.0 Å². The molecule has 0 amide bonds. The molecule has 1 atom stereocenters. The number of halogens is 2. The standard InChI is InChI=1S/C18H22BrClN6/c19-13-9-22-18(25-16(13)11-3-1-2-4-11)24-15-6-5-14(17(20)23-15)26-8-7-12(21)10-26/h5-6,9,11-12H,1-4,7-8,10,21H2,(H,22,23,24,25). The van der Waals surface area contributed by atoms with E-state index in [0.29, 0.717) is 22.8 Å². The number of nitrogens with zero attached hydrogens (tertiary/aromatic N) is 4. The highest BCUT2D eigenvalue weighted by Gasteiger charge is 2.23. The molecule has 2 aliphatic rings. The van der Waals surface area contributed by atoms with E-state index in [9.17, 15) is 0 Å². The third-order valence-electron chi connectivity index (χ3n) is 5.15. The van der Waals surface area contributed by atoms with E-state index in [2.05, 4.69) is 36.1 Å². The molecule has 2 aromatic rings. The first-order valence-electron chi connectivity index (χ1n) is 9.06. The van der Waals surface area contributed by atoms with Crippen molar-refractivity contribution in [2.45, 2.75) is 44.1 Å². The minimum atomic E-state index is 0.203. The fourth-order valence-corrected chi connectivity index (χ4v) is 4.57. The summed E-state index contributed by atoms with van der Waals surface area (Å²) in [7, 11) is 0. The Morgan fingerprint density at radius 3 is 2.69 bits per heavy atom. The van der Waals surface area contributed by atoms with Crippen LogP contribution < -0.4 is 16.0 Å². The first-order valence-corrected chi connectivity index (χ1v) is 10.2. The number of rotatable bonds is 4. The van der Waals surface area contributed by atoms with Crippen LogP contribution in [0.3, 0.4) is 0 Å². The summed E-state index contributed by atoms with van der Waals surface area (Å²) in [5.41, 5.74) is 7.99. The van der Waals surface area contributed by atoms with Crippen LogP contribution in [0.4, 0.5) is 17.5 Å². The summed E-state index contributed by atoms with van der Waals surface area (Å²) in [5, 5.41) is 3.65. The summed E-state index contributed by atoms with van der Waals surface area (Å²) in [6.07, 6.45) is 7.69. The predicted octanol–water partition coefficient (Wildman–Crippen LogP) is 4.23. The van der Waals surface area contributed by atoms with Crippen molar-refractivity contribution in [3.05, 3.63) is 33.6 Å². The van der Waals surface area contributed by atoms with Crippen LogP contribution in [0.15, 0.2) is 22.8 Å². The van der Waals surface area contributed by atoms with Gasteiger partial charge in [-0.05, 0) is 47.3 Å². The number of hydrogen-bond acceptors (Lipinski definition) is 6. The quantitative estimate of drug-likeness (QED) is 0.697. The normalized spacial score (nSPS) is 20.7. The molecule has 6 nitrogen and oxygen atoms in total. The van der Waals surface area contributed by atoms with Gasteiger partial charge in [-0.2, -0.15) is 0 Å². The molecule has 4 rings (SSSR count). The molecule has 0 bridgehead atoms. The van der Waals surface area contributed by atoms with E-state index in [1.54, 1.807) is 0 Å². The van der Waals surface area contributed by atoms with Crippen LogP contribution in [-0.4, -0.2) is 34.1 Å². The third-order valence-corrected chi connectivity index (χ3v) is 6.04. The van der Waals surface area contributed by atoms with E-state index < -0.39 is 0 Å². The number of aromatic nitrogens is 3. The van der Waals surface area contributed by atoms with Gasteiger partial charge < -0.3 is 16.0 Å². The van der Waals surface area contributed by atoms with Gasteiger partial charge in [0.15, 0.2) is 5.15 Å². The van der Waals surface area contributed by atoms with Crippen LogP contribution in [-0.2, 0) is 0 Å². The number of anilines is 3. The molecule has 0 spiro atoms. The van der Waals surface area contributed by atoms with Crippen molar-refractivity contribution in [2.75, 3.05) is 23.3 Å². The Kier molecular flexibility index (Phi) is 5.29. The summed E-state index contributed by atoms with van der Waals surface area (Å²) < 4.78 is 0.974. The van der Waals surface area contributed by atoms with Crippen molar-refractivity contribution in [2.24, 2.45) is 5.73 Å². The molecule has 0 radical (unpaired) electrons. The topological polar surface area (TPSA) is 80.0 Å². The van der Waals surface area contributed by atoms with E-state index >= 15 is 0 Å². The van der Waals surface area contributed by atoms with Gasteiger partial charge in [-0.1, -0.05) is 24.4 Å². The van der Waals surface area contributed by atoms with E-state index in [-0.39, 0.29) is 6.04 Å². The molecule has 1 saturated heterocycles. The third kappa shape index (κ3) is 3.80. The van der Waals surface area contributed by atoms with Gasteiger partial charge in [0.05, 0.1) is 15.9 Å². The van der Waals surface area contributed by atoms with E-state index in [1.165, 1.54) is 25.7 Å². The monoisotopic (exact) mass is 436 g/mol. The van der Waals surface area contributed by atoms with Crippen LogP contribution in [0.2, 0.25) is 5.15 Å². The number of nitrogens with one attached hydrogen (secondary N) is 1. The van der Waals surface area contributed by atoms with Crippen LogP contribution >= 0.6 is 27.5 Å². The Bertz CT molecular complexity index is 795. The molecule has 3 N–H and O–H groups in total. The fraction of sp³-hybridized carbons (Fsp3) is 0.500. The molecule has 8 heteroatoms. The lowest BCUT2D eigenvalue weighted by molar-refractivity contribution is 0.691. The molecular weight excluding hydrogens is 416 g/mol. The van der Waals surface area contributed by atoms with Gasteiger partial charge in [0.2, 0.25) is 5.95 Å². The van der Waals surface area contributed by atoms with E-state index in [4.69, 9.17) is 22.3 Å². The molecule has 26 heavy (non-hydrogen) atoms. The Morgan fingerprint density at radius 1 is 1.19 bits per heavy atom. The lowest BCUT2D eigenvalue weighted by Crippen LogP contribution is -2.26. The van der Waals surface area contributed by atoms with Crippen LogP contribution in [0.25, 0.3) is 0 Å². The Balaban J connectivity index is 1.52. The van der Waals surface area contributed by atoms with Crippen LogP contribution in [0, 0.1) is 0 Å². The summed E-state index contributed by atoms with van der Waals surface area (Å²) in [4.78, 5) is 15.7. The molecule has 1 unspecified atom stereocenters. The average molecular weight is 438 g/mol. The zero-order valence-corrected chi connectivity index (χ0v) is 16.8. The van der Waals surface area contributed by atoms with Gasteiger partial charge in [-0.15, -0.1) is 0 Å². The molecule has 2 fully saturated rings. The van der Waals surface area contributed by atoms with Crippen molar-refractivity contribution in [1.29, 1.82) is 0 Å². The zero-order chi connectivity index (χ0) is 18.1. The van der Waals surface area contributed by atoms with Crippen molar-refractivity contribution < 1.29 is 0 Å². The molecular formula is C18H22BrClN6. The van der Waals surface area contributed by atoms with E-state index in [0.717, 1.165) is 35.4 Å². The maximum absolute atomic E-state index is 6.40. The Labute approximate surface area is 166 Å². The van der Waals surface area contributed by atoms with Crippen LogP contribution in [0.1, 0.15) is 43.7 Å². The van der Waals surface area contributed by atoms with E-state index in [1.807, 2.05) is 18.3 Å². The summed E-state index contributed by atoms with van der Waals surface area (Å²) >= 11 is 9.99. The lowest BCUT2D eigenvalue weighted by Gasteiger charge is -2.19. The van der Waals surface area contributed by atoms with Gasteiger partial charge in [-0.25, -0.2) is 15.0 Å². The number of hydrogen-bond donors (Lipinski definition) is 2. The summed E-state index contributed by atoms with van der Waals surface area (Å²) in [6, 6.07) is 4.09. The number of pyridine rings is 1. The first kappa shape index (κ1) is 17.9. The highest BCUT2D eigenvalue weighted by Crippen LogP contribution is 2.37. The zero-order valence-electron chi connectivity index (χ0n) is 14.5. The molecule has 138 valence electrons. The highest BCUT2D eigenvalue weighted by molar-refractivity contribution is 9.10. The minimum Gasteiger partial charge on any atom is -0.367 e. The molecule has 0 aromatic carbocycles. The fourth-order valence-electron chi connectivity index (χ4n) is 3.78. The van der Waals surface area contributed by atoms with Gasteiger partial charge >= 0.3 is 0 Å². The van der Waals surface area contributed by atoms with Crippen LogP contribution in [0.5, 0.6) is 0 Å². The second kappa shape index (κ2) is 7.66. The lowest BCUT2D eigenvalue weighted by atomic mass is 10.0. The van der Waals surface area contributed by atoms with Gasteiger partial charge in [0, 0.05) is 31.2 Å². The van der Waals surface area contributed by atoms with Crippen molar-refractivity contribution in [3.63, 3.8) is 0 Å². The number of nitrogens with two attached hydrogens (primary N) is 1. The molecule has 2 aromatic heterocycles. The highest BCUT2D eigenvalue weighted by atomic mass is 79.9. The van der Waals surface area contributed by atoms with Crippen molar-refractivity contribution >= 4 is 45.0 Å². The average Bonchev–Trinajstić information content (AvgIpc) is 3.29. The molecule has 1 aliphatic heterocycles. The Morgan fingerprint density at radius 2 is 2.00 bits per heavy atom. The predicted molar refractivity (Wildman–Crippen MR) is 108 cm³/mol. The molecule has 1 saturated carbocycles. The summed E-state index contributed by atoms with van der Waals surface area (Å²) in [5.74, 6) is 1.70. The second-order valence-corrected chi connectivity index (χ2v) is 8.25. The van der Waals surface area contributed by atoms with Gasteiger partial charge in [-0.3, -0.25) is 0 Å². The maximum Gasteiger partial charge on any atom is 0.228 e. The summed E-state index contributed by atoms with van der Waals surface area (Å²) in [6.45, 7) is 1.73. The SMILES string of the molecule is NC1CCN(c2ccc(Nc3ncc(Br)c(C4CCCC4)n3)nc2Cl)C1. The molecule has 1 aliphatic carbocycles. The molecule has 3 heterocycles. The minimum absolute atomic E-state index is 0.203. The van der Waals surface area contributed by atoms with Gasteiger partial charge in [0.25, 0.3) is 0 Å². The maximum atomic E-state index is 6.40. The van der Waals surface area contributed by atoms with Crippen molar-refractivity contribution in [3.8, 4) is 0 Å². The van der Waals surface area contributed by atoms with Gasteiger partial charge in [0.1, 0.15) is 5.82 Å².